The van der Waals surface area contributed by atoms with Crippen molar-refractivity contribution in [3.63, 3.8) is 0 Å². The van der Waals surface area contributed by atoms with E-state index in [1.807, 2.05) is 66.9 Å². The van der Waals surface area contributed by atoms with Crippen molar-refractivity contribution in [3.8, 4) is 0 Å². The molecule has 0 fully saturated rings. The Hall–Kier alpha value is -3.12. The molecule has 0 radical (unpaired) electrons. The average Bonchev–Trinajstić information content (AvgIpc) is 2.74. The number of aromatic nitrogens is 1. The molecular weight excluding hydrogens is 382 g/mol. The van der Waals surface area contributed by atoms with Crippen LogP contribution < -0.4 is 5.32 Å². The van der Waals surface area contributed by atoms with Gasteiger partial charge in [0, 0.05) is 48.4 Å². The second-order valence-electron chi connectivity index (χ2n) is 6.79. The lowest BCUT2D eigenvalue weighted by Crippen LogP contribution is -2.23. The van der Waals surface area contributed by atoms with Crippen molar-refractivity contribution in [3.05, 3.63) is 89.7 Å². The van der Waals surface area contributed by atoms with Crippen molar-refractivity contribution in [1.29, 1.82) is 0 Å². The van der Waals surface area contributed by atoms with Gasteiger partial charge in [0.25, 0.3) is 5.91 Å². The predicted molar refractivity (Wildman–Crippen MR) is 117 cm³/mol. The van der Waals surface area contributed by atoms with Crippen LogP contribution in [0.2, 0.25) is 0 Å². The highest BCUT2D eigenvalue weighted by Crippen LogP contribution is 2.23. The third-order valence-electron chi connectivity index (χ3n) is 4.31. The number of nitrogens with zero attached hydrogens (tertiary/aromatic N) is 2. The number of pyridine rings is 1. The molecule has 0 atom stereocenters. The van der Waals surface area contributed by atoms with Gasteiger partial charge in [-0.3, -0.25) is 14.6 Å². The molecule has 0 aliphatic carbocycles. The fourth-order valence-electron chi connectivity index (χ4n) is 2.59. The predicted octanol–water partition coefficient (Wildman–Crippen LogP) is 4.26. The monoisotopic (exact) mass is 405 g/mol. The molecule has 0 saturated heterocycles. The number of hydrogen-bond donors (Lipinski definition) is 1. The first-order valence-electron chi connectivity index (χ1n) is 9.23. The van der Waals surface area contributed by atoms with Gasteiger partial charge >= 0.3 is 0 Å². The largest absolute Gasteiger partial charge is 0.349 e. The number of nitrogens with one attached hydrogen (secondary N) is 1. The molecule has 2 aromatic carbocycles. The third-order valence-corrected chi connectivity index (χ3v) is 5.39. The molecule has 2 amide bonds. The van der Waals surface area contributed by atoms with Gasteiger partial charge < -0.3 is 10.2 Å². The smallest absolute Gasteiger partial charge is 0.255 e. The Balaban J connectivity index is 1.54. The van der Waals surface area contributed by atoms with Gasteiger partial charge in [0.15, 0.2) is 0 Å². The summed E-state index contributed by atoms with van der Waals surface area (Å²) < 4.78 is 0. The maximum Gasteiger partial charge on any atom is 0.255 e. The second kappa shape index (κ2) is 9.89. The summed E-state index contributed by atoms with van der Waals surface area (Å²) in [6.07, 6.45) is 3.97. The molecule has 3 aromatic rings. The highest BCUT2D eigenvalue weighted by atomic mass is 32.2. The minimum Gasteiger partial charge on any atom is -0.349 e. The quantitative estimate of drug-likeness (QED) is 0.597. The molecule has 0 saturated carbocycles. The van der Waals surface area contributed by atoms with Crippen LogP contribution in [0.5, 0.6) is 0 Å². The number of thioether (sulfide) groups is 1. The van der Waals surface area contributed by atoms with E-state index in [2.05, 4.69) is 10.3 Å². The van der Waals surface area contributed by atoms with Crippen LogP contribution in [0.3, 0.4) is 0 Å². The van der Waals surface area contributed by atoms with Crippen LogP contribution >= 0.6 is 11.8 Å². The summed E-state index contributed by atoms with van der Waals surface area (Å²) in [5.74, 6) is 0.719. The lowest BCUT2D eigenvalue weighted by molar-refractivity contribution is -0.127. The molecular formula is C23H23N3O2S. The van der Waals surface area contributed by atoms with Crippen molar-refractivity contribution in [2.75, 3.05) is 19.4 Å². The summed E-state index contributed by atoms with van der Waals surface area (Å²) in [5, 5.41) is 2.89. The van der Waals surface area contributed by atoms with E-state index in [4.69, 9.17) is 0 Å². The molecule has 3 rings (SSSR count). The fourth-order valence-corrected chi connectivity index (χ4v) is 3.43. The summed E-state index contributed by atoms with van der Waals surface area (Å²) in [6.45, 7) is 0. The van der Waals surface area contributed by atoms with E-state index in [9.17, 15) is 9.59 Å². The fraction of sp³-hybridized carbons (Fsp3) is 0.174. The Bertz CT molecular complexity index is 956. The minimum absolute atomic E-state index is 0.0447. The van der Waals surface area contributed by atoms with Gasteiger partial charge in [-0.05, 0) is 53.6 Å². The molecule has 148 valence electrons. The van der Waals surface area contributed by atoms with Crippen molar-refractivity contribution >= 4 is 29.3 Å². The SMILES string of the molecule is CN(C)C(=O)Cc1ccc(NC(=O)c2ccc(SCc3cccnc3)cc2)cc1. The van der Waals surface area contributed by atoms with Crippen LogP contribution in [-0.4, -0.2) is 35.8 Å². The van der Waals surface area contributed by atoms with E-state index >= 15 is 0 Å². The normalized spacial score (nSPS) is 10.4. The molecule has 0 unspecified atom stereocenters. The van der Waals surface area contributed by atoms with Crippen molar-refractivity contribution in [2.45, 2.75) is 17.1 Å². The Morgan fingerprint density at radius 3 is 2.31 bits per heavy atom. The van der Waals surface area contributed by atoms with Gasteiger partial charge in [-0.25, -0.2) is 0 Å². The van der Waals surface area contributed by atoms with E-state index in [0.717, 1.165) is 21.8 Å². The van der Waals surface area contributed by atoms with Crippen LogP contribution in [0, 0.1) is 0 Å². The average molecular weight is 406 g/mol. The molecule has 0 aliphatic heterocycles. The highest BCUT2D eigenvalue weighted by Gasteiger charge is 2.08. The van der Waals surface area contributed by atoms with E-state index in [1.165, 1.54) is 0 Å². The van der Waals surface area contributed by atoms with Gasteiger partial charge in [0.05, 0.1) is 6.42 Å². The molecule has 5 nitrogen and oxygen atoms in total. The van der Waals surface area contributed by atoms with Crippen LogP contribution in [0.4, 0.5) is 5.69 Å². The van der Waals surface area contributed by atoms with Crippen LogP contribution in [-0.2, 0) is 17.0 Å². The van der Waals surface area contributed by atoms with Gasteiger partial charge in [-0.1, -0.05) is 18.2 Å². The van der Waals surface area contributed by atoms with Crippen LogP contribution in [0.15, 0.2) is 78.0 Å². The third kappa shape index (κ3) is 6.19. The van der Waals surface area contributed by atoms with Gasteiger partial charge in [-0.2, -0.15) is 0 Å². The first-order chi connectivity index (χ1) is 14.0. The van der Waals surface area contributed by atoms with Gasteiger partial charge in [0.2, 0.25) is 5.91 Å². The summed E-state index contributed by atoms with van der Waals surface area (Å²) in [7, 11) is 3.47. The summed E-state index contributed by atoms with van der Waals surface area (Å²) in [6, 6.07) is 18.9. The number of carbonyl (C=O) groups excluding carboxylic acids is 2. The Kier molecular flexibility index (Phi) is 7.03. The lowest BCUT2D eigenvalue weighted by atomic mass is 10.1. The maximum atomic E-state index is 12.5. The number of carbonyl (C=O) groups is 2. The molecule has 1 N–H and O–H groups in total. The highest BCUT2D eigenvalue weighted by molar-refractivity contribution is 7.98. The van der Waals surface area contributed by atoms with Crippen molar-refractivity contribution < 1.29 is 9.59 Å². The molecule has 0 aliphatic rings. The number of likely N-dealkylation sites (N-methyl/N-ethyl adjacent to an activating group) is 1. The minimum atomic E-state index is -0.161. The number of benzene rings is 2. The zero-order valence-electron chi connectivity index (χ0n) is 16.5. The number of rotatable bonds is 7. The molecule has 0 spiro atoms. The van der Waals surface area contributed by atoms with E-state index < -0.39 is 0 Å². The molecule has 1 aromatic heterocycles. The molecule has 6 heteroatoms. The summed E-state index contributed by atoms with van der Waals surface area (Å²) in [4.78, 5) is 31.0. The summed E-state index contributed by atoms with van der Waals surface area (Å²) in [5.41, 5.74) is 3.38. The van der Waals surface area contributed by atoms with Crippen LogP contribution in [0.25, 0.3) is 0 Å². The standard InChI is InChI=1S/C23H23N3O2S/c1-26(2)22(27)14-17-5-9-20(10-6-17)25-23(28)19-7-11-21(12-8-19)29-16-18-4-3-13-24-15-18/h3-13,15H,14,16H2,1-2H3,(H,25,28). The van der Waals surface area contributed by atoms with Crippen LogP contribution in [0.1, 0.15) is 21.5 Å². The molecule has 29 heavy (non-hydrogen) atoms. The lowest BCUT2D eigenvalue weighted by Gasteiger charge is -2.11. The van der Waals surface area contributed by atoms with E-state index in [0.29, 0.717) is 17.7 Å². The maximum absolute atomic E-state index is 12.5. The number of amides is 2. The first kappa shape index (κ1) is 20.6. The van der Waals surface area contributed by atoms with Gasteiger partial charge in [-0.15, -0.1) is 11.8 Å². The number of anilines is 1. The van der Waals surface area contributed by atoms with Crippen molar-refractivity contribution in [1.82, 2.24) is 9.88 Å². The van der Waals surface area contributed by atoms with Crippen molar-refractivity contribution in [2.24, 2.45) is 0 Å². The van der Waals surface area contributed by atoms with Gasteiger partial charge in [0.1, 0.15) is 0 Å². The molecule has 0 bridgehead atoms. The Morgan fingerprint density at radius 2 is 1.69 bits per heavy atom. The summed E-state index contributed by atoms with van der Waals surface area (Å²) >= 11 is 1.70. The molecule has 1 heterocycles. The zero-order valence-corrected chi connectivity index (χ0v) is 17.3. The Labute approximate surface area is 175 Å². The van der Waals surface area contributed by atoms with E-state index in [1.54, 1.807) is 37.0 Å². The topological polar surface area (TPSA) is 62.3 Å². The zero-order chi connectivity index (χ0) is 20.6. The van der Waals surface area contributed by atoms with E-state index in [-0.39, 0.29) is 11.8 Å². The number of hydrogen-bond acceptors (Lipinski definition) is 4. The first-order valence-corrected chi connectivity index (χ1v) is 10.2. The Morgan fingerprint density at radius 1 is 0.966 bits per heavy atom. The second-order valence-corrected chi connectivity index (χ2v) is 7.84.